The fourth-order valence-electron chi connectivity index (χ4n) is 2.82. The Labute approximate surface area is 136 Å². The molecule has 1 aliphatic heterocycles. The highest BCUT2D eigenvalue weighted by atomic mass is 16.6. The van der Waals surface area contributed by atoms with E-state index in [2.05, 4.69) is 29.5 Å². The maximum atomic E-state index is 11.9. The van der Waals surface area contributed by atoms with E-state index in [9.17, 15) is 4.79 Å². The van der Waals surface area contributed by atoms with Gasteiger partial charge < -0.3 is 20.3 Å². The minimum Gasteiger partial charge on any atom is -0.444 e. The van der Waals surface area contributed by atoms with E-state index in [1.54, 1.807) is 0 Å². The normalized spacial score (nSPS) is 22.2. The predicted octanol–water partition coefficient (Wildman–Crippen LogP) is 2.61. The van der Waals surface area contributed by atoms with E-state index >= 15 is 0 Å². The summed E-state index contributed by atoms with van der Waals surface area (Å²) >= 11 is 0. The van der Waals surface area contributed by atoms with Gasteiger partial charge in [-0.1, -0.05) is 0 Å². The fourth-order valence-corrected chi connectivity index (χ4v) is 2.82. The molecule has 0 spiro atoms. The topological polar surface area (TPSA) is 53.6 Å². The number of nitrogens with one attached hydrogen (secondary N) is 2. The minimum absolute atomic E-state index is 0.336. The van der Waals surface area contributed by atoms with Gasteiger partial charge in [-0.15, -0.1) is 0 Å². The van der Waals surface area contributed by atoms with Gasteiger partial charge in [0.25, 0.3) is 0 Å². The molecule has 1 fully saturated rings. The van der Waals surface area contributed by atoms with Gasteiger partial charge in [-0.25, -0.2) is 4.79 Å². The van der Waals surface area contributed by atoms with Crippen molar-refractivity contribution in [3.8, 4) is 0 Å². The third-order valence-electron chi connectivity index (χ3n) is 4.07. The molecule has 2 N–H and O–H groups in total. The van der Waals surface area contributed by atoms with E-state index in [0.29, 0.717) is 12.0 Å². The number of carbonyl (C=O) groups is 1. The van der Waals surface area contributed by atoms with Crippen molar-refractivity contribution in [2.45, 2.75) is 71.6 Å². The molecule has 0 saturated carbocycles. The van der Waals surface area contributed by atoms with Crippen LogP contribution >= 0.6 is 0 Å². The Morgan fingerprint density at radius 1 is 1.32 bits per heavy atom. The standard InChI is InChI=1S/C17H35N3O2/c1-13(14-9-8-10-20(7)11-14)18-12-17(5,6)19-15(21)22-16(2,3)4/h13-14,18H,8-12H2,1-7H3,(H,19,21). The number of hydrogen-bond donors (Lipinski definition) is 2. The molecule has 0 aliphatic carbocycles. The van der Waals surface area contributed by atoms with Gasteiger partial charge in [0.15, 0.2) is 0 Å². The van der Waals surface area contributed by atoms with Crippen molar-refractivity contribution in [3.63, 3.8) is 0 Å². The Bertz CT molecular complexity index is 363. The first-order valence-corrected chi connectivity index (χ1v) is 8.42. The Balaban J connectivity index is 2.39. The summed E-state index contributed by atoms with van der Waals surface area (Å²) in [5.41, 5.74) is -0.801. The number of ether oxygens (including phenoxy) is 1. The number of piperidine rings is 1. The summed E-state index contributed by atoms with van der Waals surface area (Å²) in [4.78, 5) is 14.3. The molecule has 0 aromatic carbocycles. The van der Waals surface area contributed by atoms with Crippen LogP contribution in [0.2, 0.25) is 0 Å². The molecule has 130 valence electrons. The second kappa shape index (κ2) is 7.64. The number of nitrogens with zero attached hydrogens (tertiary/aromatic N) is 1. The molecule has 1 heterocycles. The van der Waals surface area contributed by atoms with E-state index in [4.69, 9.17) is 4.74 Å². The van der Waals surface area contributed by atoms with Crippen molar-refractivity contribution in [3.05, 3.63) is 0 Å². The highest BCUT2D eigenvalue weighted by Crippen LogP contribution is 2.19. The molecule has 0 aromatic heterocycles. The van der Waals surface area contributed by atoms with Gasteiger partial charge >= 0.3 is 6.09 Å². The van der Waals surface area contributed by atoms with Crippen molar-refractivity contribution < 1.29 is 9.53 Å². The van der Waals surface area contributed by atoms with Gasteiger partial charge in [-0.05, 0) is 73.9 Å². The monoisotopic (exact) mass is 313 g/mol. The largest absolute Gasteiger partial charge is 0.444 e. The number of rotatable bonds is 5. The highest BCUT2D eigenvalue weighted by Gasteiger charge is 2.27. The number of alkyl carbamates (subject to hydrolysis) is 1. The summed E-state index contributed by atoms with van der Waals surface area (Å²) in [6.07, 6.45) is 2.19. The van der Waals surface area contributed by atoms with Gasteiger partial charge in [0.1, 0.15) is 5.60 Å². The van der Waals surface area contributed by atoms with E-state index in [1.165, 1.54) is 19.4 Å². The zero-order valence-corrected chi connectivity index (χ0v) is 15.5. The van der Waals surface area contributed by atoms with E-state index in [-0.39, 0.29) is 11.6 Å². The lowest BCUT2D eigenvalue weighted by Crippen LogP contribution is -2.54. The lowest BCUT2D eigenvalue weighted by Gasteiger charge is -2.36. The molecule has 2 atom stereocenters. The van der Waals surface area contributed by atoms with Crippen LogP contribution in [0.3, 0.4) is 0 Å². The molecule has 1 aliphatic rings. The Morgan fingerprint density at radius 3 is 2.50 bits per heavy atom. The zero-order valence-electron chi connectivity index (χ0n) is 15.5. The zero-order chi connectivity index (χ0) is 17.0. The summed E-state index contributed by atoms with van der Waals surface area (Å²) in [7, 11) is 2.19. The molecular weight excluding hydrogens is 278 g/mol. The smallest absolute Gasteiger partial charge is 0.408 e. The van der Waals surface area contributed by atoms with Crippen molar-refractivity contribution in [2.24, 2.45) is 5.92 Å². The number of hydrogen-bond acceptors (Lipinski definition) is 4. The van der Waals surface area contributed by atoms with Crippen LogP contribution in [0.5, 0.6) is 0 Å². The molecule has 1 amide bonds. The van der Waals surface area contributed by atoms with E-state index < -0.39 is 5.60 Å². The Hall–Kier alpha value is -0.810. The lowest BCUT2D eigenvalue weighted by atomic mass is 9.91. The van der Waals surface area contributed by atoms with Crippen LogP contribution in [0.4, 0.5) is 4.79 Å². The first-order valence-electron chi connectivity index (χ1n) is 8.42. The summed E-state index contributed by atoms with van der Waals surface area (Å²) in [5.74, 6) is 0.677. The molecular formula is C17H35N3O2. The molecule has 5 nitrogen and oxygen atoms in total. The Morgan fingerprint density at radius 2 is 1.95 bits per heavy atom. The van der Waals surface area contributed by atoms with Crippen LogP contribution in [0.25, 0.3) is 0 Å². The third-order valence-corrected chi connectivity index (χ3v) is 4.07. The number of likely N-dealkylation sites (tertiary alicyclic amines) is 1. The predicted molar refractivity (Wildman–Crippen MR) is 91.1 cm³/mol. The Kier molecular flexibility index (Phi) is 6.68. The van der Waals surface area contributed by atoms with Gasteiger partial charge in [-0.2, -0.15) is 0 Å². The first-order chi connectivity index (χ1) is 9.98. The maximum Gasteiger partial charge on any atom is 0.408 e. The van der Waals surface area contributed by atoms with Crippen LogP contribution in [-0.4, -0.2) is 54.9 Å². The molecule has 1 rings (SSSR count). The van der Waals surface area contributed by atoms with Crippen molar-refractivity contribution >= 4 is 6.09 Å². The first kappa shape index (κ1) is 19.2. The van der Waals surface area contributed by atoms with Crippen LogP contribution in [0.1, 0.15) is 54.4 Å². The maximum absolute atomic E-state index is 11.9. The van der Waals surface area contributed by atoms with Crippen LogP contribution in [-0.2, 0) is 4.74 Å². The molecule has 1 saturated heterocycles. The van der Waals surface area contributed by atoms with Gasteiger partial charge in [0.05, 0.1) is 5.54 Å². The number of amides is 1. The van der Waals surface area contributed by atoms with E-state index in [0.717, 1.165) is 13.1 Å². The second-order valence-electron chi connectivity index (χ2n) is 8.34. The van der Waals surface area contributed by atoms with Gasteiger partial charge in [-0.3, -0.25) is 0 Å². The van der Waals surface area contributed by atoms with Crippen LogP contribution in [0.15, 0.2) is 0 Å². The summed E-state index contributed by atoms with van der Waals surface area (Å²) in [6.45, 7) is 15.0. The SMILES string of the molecule is CC(NCC(C)(C)NC(=O)OC(C)(C)C)C1CCCN(C)C1. The molecule has 0 radical (unpaired) electrons. The second-order valence-corrected chi connectivity index (χ2v) is 8.34. The molecule has 0 bridgehead atoms. The quantitative estimate of drug-likeness (QED) is 0.819. The summed E-state index contributed by atoms with van der Waals surface area (Å²) < 4.78 is 5.33. The highest BCUT2D eigenvalue weighted by molar-refractivity contribution is 5.68. The summed E-state index contributed by atoms with van der Waals surface area (Å²) in [5, 5.41) is 6.53. The average Bonchev–Trinajstić information content (AvgIpc) is 2.33. The van der Waals surface area contributed by atoms with E-state index in [1.807, 2.05) is 34.6 Å². The molecule has 2 unspecified atom stereocenters. The lowest BCUT2D eigenvalue weighted by molar-refractivity contribution is 0.0468. The van der Waals surface area contributed by atoms with Gasteiger partial charge in [0.2, 0.25) is 0 Å². The average molecular weight is 313 g/mol. The number of carbonyl (C=O) groups excluding carboxylic acids is 1. The summed E-state index contributed by atoms with van der Waals surface area (Å²) in [6, 6.07) is 0.447. The van der Waals surface area contributed by atoms with Gasteiger partial charge in [0, 0.05) is 19.1 Å². The molecule has 0 aromatic rings. The minimum atomic E-state index is -0.465. The van der Waals surface area contributed by atoms with Crippen LogP contribution in [0, 0.1) is 5.92 Å². The molecule has 22 heavy (non-hydrogen) atoms. The van der Waals surface area contributed by atoms with Crippen molar-refractivity contribution in [1.29, 1.82) is 0 Å². The third kappa shape index (κ3) is 7.45. The van der Waals surface area contributed by atoms with Crippen molar-refractivity contribution in [1.82, 2.24) is 15.5 Å². The fraction of sp³-hybridized carbons (Fsp3) is 0.941. The van der Waals surface area contributed by atoms with Crippen LogP contribution < -0.4 is 10.6 Å². The molecule has 5 heteroatoms. The van der Waals surface area contributed by atoms with Crippen molar-refractivity contribution in [2.75, 3.05) is 26.7 Å².